The van der Waals surface area contributed by atoms with Crippen molar-refractivity contribution in [3.8, 4) is 0 Å². The second-order valence-corrected chi connectivity index (χ2v) is 13.0. The Hall–Kier alpha value is -4.32. The lowest BCUT2D eigenvalue weighted by atomic mass is 10.0. The Morgan fingerprint density at radius 3 is 2.21 bits per heavy atom. The van der Waals surface area contributed by atoms with Crippen LogP contribution in [-0.4, -0.2) is 54.4 Å². The van der Waals surface area contributed by atoms with Gasteiger partial charge in [-0.3, -0.25) is 24.0 Å². The zero-order valence-corrected chi connectivity index (χ0v) is 25.0. The summed E-state index contributed by atoms with van der Waals surface area (Å²) >= 11 is 0. The number of nitrogens with one attached hydrogen (secondary N) is 1. The van der Waals surface area contributed by atoms with E-state index in [1.165, 1.54) is 30.3 Å². The van der Waals surface area contributed by atoms with Gasteiger partial charge in [-0.05, 0) is 44.9 Å². The number of hydrogen-bond acceptors (Lipinski definition) is 6. The van der Waals surface area contributed by atoms with E-state index in [0.29, 0.717) is 5.56 Å². The first-order valence-corrected chi connectivity index (χ1v) is 15.0. The van der Waals surface area contributed by atoms with Crippen LogP contribution in [0.3, 0.4) is 0 Å². The van der Waals surface area contributed by atoms with E-state index >= 15 is 0 Å². The van der Waals surface area contributed by atoms with Crippen LogP contribution in [0.1, 0.15) is 37.5 Å². The largest absolute Gasteiger partial charge is 0.350 e. The van der Waals surface area contributed by atoms with Crippen LogP contribution in [0.5, 0.6) is 0 Å². The van der Waals surface area contributed by atoms with E-state index in [0.717, 1.165) is 27.1 Å². The van der Waals surface area contributed by atoms with Crippen molar-refractivity contribution in [1.82, 2.24) is 10.2 Å². The van der Waals surface area contributed by atoms with Gasteiger partial charge in [0.15, 0.2) is 0 Å². The van der Waals surface area contributed by atoms with Crippen LogP contribution in [0.15, 0.2) is 72.8 Å². The van der Waals surface area contributed by atoms with E-state index in [1.807, 2.05) is 0 Å². The lowest BCUT2D eigenvalue weighted by Crippen LogP contribution is -2.56. The Labute approximate surface area is 245 Å². The third-order valence-electron chi connectivity index (χ3n) is 6.42. The summed E-state index contributed by atoms with van der Waals surface area (Å²) in [5, 5.41) is 14.3. The van der Waals surface area contributed by atoms with Crippen molar-refractivity contribution in [3.05, 3.63) is 105 Å². The molecular weight excluding hydrogens is 563 g/mol. The first kappa shape index (κ1) is 32.2. The van der Waals surface area contributed by atoms with Crippen LogP contribution >= 0.6 is 0 Å². The molecule has 0 fully saturated rings. The molecule has 0 aliphatic rings. The van der Waals surface area contributed by atoms with Crippen LogP contribution in [0.2, 0.25) is 0 Å². The molecule has 3 aromatic rings. The minimum atomic E-state index is -4.14. The molecule has 1 atom stereocenters. The van der Waals surface area contributed by atoms with Gasteiger partial charge < -0.3 is 10.2 Å². The Balaban J connectivity index is 2.14. The Morgan fingerprint density at radius 2 is 1.64 bits per heavy atom. The maximum Gasteiger partial charge on any atom is 0.271 e. The van der Waals surface area contributed by atoms with Crippen molar-refractivity contribution in [2.24, 2.45) is 0 Å². The van der Waals surface area contributed by atoms with Gasteiger partial charge in [0.25, 0.3) is 5.69 Å². The van der Waals surface area contributed by atoms with Gasteiger partial charge in [0.2, 0.25) is 21.8 Å². The number of sulfonamides is 1. The number of carbonyl (C=O) groups is 2. The predicted molar refractivity (Wildman–Crippen MR) is 159 cm³/mol. The zero-order valence-electron chi connectivity index (χ0n) is 24.2. The van der Waals surface area contributed by atoms with Crippen LogP contribution in [0.25, 0.3) is 0 Å². The van der Waals surface area contributed by atoms with Crippen LogP contribution in [0.4, 0.5) is 15.8 Å². The number of amides is 2. The minimum absolute atomic E-state index is 0.0513. The summed E-state index contributed by atoms with van der Waals surface area (Å²) in [4.78, 5) is 39.7. The number of carbonyl (C=O) groups excluding carboxylic acids is 2. The molecule has 3 rings (SSSR count). The van der Waals surface area contributed by atoms with E-state index < -0.39 is 50.7 Å². The van der Waals surface area contributed by atoms with E-state index in [9.17, 15) is 32.5 Å². The molecule has 0 radical (unpaired) electrons. The summed E-state index contributed by atoms with van der Waals surface area (Å²) in [6.45, 7) is 5.81. The smallest absolute Gasteiger partial charge is 0.271 e. The minimum Gasteiger partial charge on any atom is -0.350 e. The highest BCUT2D eigenvalue weighted by Crippen LogP contribution is 2.28. The topological polar surface area (TPSA) is 130 Å². The molecule has 42 heavy (non-hydrogen) atoms. The van der Waals surface area contributed by atoms with Crippen molar-refractivity contribution in [3.63, 3.8) is 0 Å². The van der Waals surface area contributed by atoms with Gasteiger partial charge in [0.1, 0.15) is 18.4 Å². The van der Waals surface area contributed by atoms with Gasteiger partial charge in [-0.25, -0.2) is 12.8 Å². The highest BCUT2D eigenvalue weighted by Gasteiger charge is 2.35. The van der Waals surface area contributed by atoms with E-state index in [-0.39, 0.29) is 29.9 Å². The average molecular weight is 599 g/mol. The number of halogens is 1. The molecule has 0 heterocycles. The van der Waals surface area contributed by atoms with E-state index in [1.54, 1.807) is 64.1 Å². The summed E-state index contributed by atoms with van der Waals surface area (Å²) in [7, 11) is -4.14. The Bertz CT molecular complexity index is 1560. The van der Waals surface area contributed by atoms with Crippen molar-refractivity contribution >= 4 is 33.2 Å². The summed E-state index contributed by atoms with van der Waals surface area (Å²) in [6, 6.07) is 17.3. The fourth-order valence-electron chi connectivity index (χ4n) is 4.39. The third kappa shape index (κ3) is 8.59. The lowest BCUT2D eigenvalue weighted by Gasteiger charge is -2.35. The van der Waals surface area contributed by atoms with Crippen molar-refractivity contribution in [2.45, 2.75) is 52.2 Å². The number of anilines is 1. The molecule has 0 saturated carbocycles. The van der Waals surface area contributed by atoms with Gasteiger partial charge in [0, 0.05) is 36.2 Å². The normalized spacial score (nSPS) is 12.3. The number of nitrogens with zero attached hydrogens (tertiary/aromatic N) is 3. The van der Waals surface area contributed by atoms with E-state index in [4.69, 9.17) is 0 Å². The zero-order chi connectivity index (χ0) is 31.2. The maximum atomic E-state index is 14.9. The van der Waals surface area contributed by atoms with Crippen molar-refractivity contribution in [2.75, 3.05) is 17.1 Å². The SMILES string of the molecule is Cc1ccc([N+](=O)[O-])cc1N(CC(=O)N(Cc1ccccc1F)[C@H](Cc1ccccc1)C(=O)NC(C)(C)C)S(C)(=O)=O. The monoisotopic (exact) mass is 598 g/mol. The molecule has 1 N–H and O–H groups in total. The Morgan fingerprint density at radius 1 is 1.02 bits per heavy atom. The molecule has 0 aliphatic heterocycles. The van der Waals surface area contributed by atoms with Gasteiger partial charge in [-0.1, -0.05) is 54.6 Å². The highest BCUT2D eigenvalue weighted by molar-refractivity contribution is 7.92. The van der Waals surface area contributed by atoms with Gasteiger partial charge in [-0.15, -0.1) is 0 Å². The molecule has 10 nitrogen and oxygen atoms in total. The summed E-state index contributed by atoms with van der Waals surface area (Å²) in [5.74, 6) is -1.90. The number of nitro benzene ring substituents is 1. The number of nitro groups is 1. The fraction of sp³-hybridized carbons (Fsp3) is 0.333. The highest BCUT2D eigenvalue weighted by atomic mass is 32.2. The second kappa shape index (κ2) is 13.1. The Kier molecular flexibility index (Phi) is 10.1. The molecule has 0 spiro atoms. The molecule has 0 saturated heterocycles. The van der Waals surface area contributed by atoms with Gasteiger partial charge in [0.05, 0.1) is 16.9 Å². The predicted octanol–water partition coefficient (Wildman–Crippen LogP) is 4.36. The first-order valence-electron chi connectivity index (χ1n) is 13.2. The average Bonchev–Trinajstić information content (AvgIpc) is 2.89. The standard InChI is InChI=1S/C30H35FN4O6S/c1-21-15-16-24(35(38)39)18-26(21)34(42(5,40)41)20-28(36)33(19-23-13-9-10-14-25(23)31)27(29(37)32-30(2,3)4)17-22-11-7-6-8-12-22/h6-16,18,27H,17,19-20H2,1-5H3,(H,32,37)/t27-/m1/s1. The molecule has 0 aromatic heterocycles. The first-order chi connectivity index (χ1) is 19.6. The number of aryl methyl sites for hydroxylation is 1. The summed E-state index contributed by atoms with van der Waals surface area (Å²) < 4.78 is 41.6. The van der Waals surface area contributed by atoms with Crippen LogP contribution < -0.4 is 9.62 Å². The molecule has 224 valence electrons. The lowest BCUT2D eigenvalue weighted by molar-refractivity contribution is -0.384. The number of benzene rings is 3. The molecule has 0 bridgehead atoms. The molecule has 3 aromatic carbocycles. The fourth-order valence-corrected chi connectivity index (χ4v) is 5.29. The summed E-state index contributed by atoms with van der Waals surface area (Å²) in [6.07, 6.45) is 0.950. The number of rotatable bonds is 11. The maximum absolute atomic E-state index is 14.9. The van der Waals surface area contributed by atoms with Gasteiger partial charge >= 0.3 is 0 Å². The molecule has 0 aliphatic carbocycles. The molecular formula is C30H35FN4O6S. The van der Waals surface area contributed by atoms with E-state index in [2.05, 4.69) is 5.32 Å². The molecule has 12 heteroatoms. The third-order valence-corrected chi connectivity index (χ3v) is 7.55. The molecule has 0 unspecified atom stereocenters. The quantitative estimate of drug-likeness (QED) is 0.258. The summed E-state index contributed by atoms with van der Waals surface area (Å²) in [5.41, 5.74) is 0.164. The van der Waals surface area contributed by atoms with Crippen molar-refractivity contribution in [1.29, 1.82) is 0 Å². The number of hydrogen-bond donors (Lipinski definition) is 1. The van der Waals surface area contributed by atoms with Crippen LogP contribution in [0, 0.1) is 22.9 Å². The van der Waals surface area contributed by atoms with Crippen LogP contribution in [-0.2, 0) is 32.6 Å². The van der Waals surface area contributed by atoms with Gasteiger partial charge in [-0.2, -0.15) is 0 Å². The second-order valence-electron chi connectivity index (χ2n) is 11.1. The van der Waals surface area contributed by atoms with Crippen molar-refractivity contribution < 1.29 is 27.3 Å². The number of non-ortho nitro benzene ring substituents is 1. The molecule has 2 amide bonds.